The van der Waals surface area contributed by atoms with Crippen LogP contribution in [0.1, 0.15) is 48.0 Å². The molecule has 22 heavy (non-hydrogen) atoms. The van der Waals surface area contributed by atoms with Gasteiger partial charge < -0.3 is 15.3 Å². The molecule has 1 aliphatic heterocycles. The highest BCUT2D eigenvalue weighted by atomic mass is 16.3. The molecular weight excluding hydrogens is 276 g/mol. The van der Waals surface area contributed by atoms with Crippen molar-refractivity contribution in [3.8, 4) is 0 Å². The summed E-state index contributed by atoms with van der Waals surface area (Å²) in [6.45, 7) is 4.23. The first-order valence-electron chi connectivity index (χ1n) is 8.46. The van der Waals surface area contributed by atoms with Crippen molar-refractivity contribution in [2.24, 2.45) is 5.92 Å². The number of benzene rings is 1. The predicted octanol–water partition coefficient (Wildman–Crippen LogP) is 2.49. The third kappa shape index (κ3) is 3.43. The Morgan fingerprint density at radius 1 is 1.36 bits per heavy atom. The topological polar surface area (TPSA) is 52.6 Å². The molecule has 0 bridgehead atoms. The van der Waals surface area contributed by atoms with Crippen LogP contribution in [0.5, 0.6) is 0 Å². The average molecular weight is 302 g/mol. The highest BCUT2D eigenvalue weighted by Crippen LogP contribution is 2.34. The van der Waals surface area contributed by atoms with Crippen molar-refractivity contribution in [3.63, 3.8) is 0 Å². The van der Waals surface area contributed by atoms with Gasteiger partial charge in [0.1, 0.15) is 0 Å². The quantitative estimate of drug-likeness (QED) is 0.849. The zero-order valence-electron chi connectivity index (χ0n) is 13.3. The maximum Gasteiger partial charge on any atom is 0.253 e. The summed E-state index contributed by atoms with van der Waals surface area (Å²) in [4.78, 5) is 15.1. The molecule has 1 aliphatic carbocycles. The number of hydrogen-bond acceptors (Lipinski definition) is 3. The van der Waals surface area contributed by atoms with E-state index in [-0.39, 0.29) is 18.6 Å². The molecule has 4 heteroatoms. The van der Waals surface area contributed by atoms with Crippen molar-refractivity contribution in [2.45, 2.75) is 45.1 Å². The maximum atomic E-state index is 12.8. The lowest BCUT2D eigenvalue weighted by Gasteiger charge is -2.23. The van der Waals surface area contributed by atoms with Gasteiger partial charge in [0.2, 0.25) is 0 Å². The zero-order chi connectivity index (χ0) is 15.5. The van der Waals surface area contributed by atoms with Crippen LogP contribution in [-0.2, 0) is 0 Å². The van der Waals surface area contributed by atoms with Gasteiger partial charge in [0.05, 0.1) is 5.56 Å². The third-order valence-corrected chi connectivity index (χ3v) is 4.79. The second kappa shape index (κ2) is 6.69. The first-order valence-corrected chi connectivity index (χ1v) is 8.46. The van der Waals surface area contributed by atoms with E-state index in [1.165, 1.54) is 12.8 Å². The van der Waals surface area contributed by atoms with Gasteiger partial charge in [-0.15, -0.1) is 0 Å². The van der Waals surface area contributed by atoms with E-state index in [1.54, 1.807) is 0 Å². The maximum absolute atomic E-state index is 12.8. The molecule has 2 fully saturated rings. The number of hydrogen-bond donors (Lipinski definition) is 2. The number of aryl methyl sites for hydroxylation is 1. The number of carbonyl (C=O) groups is 1. The van der Waals surface area contributed by atoms with Crippen LogP contribution in [0.25, 0.3) is 0 Å². The van der Waals surface area contributed by atoms with E-state index in [0.717, 1.165) is 42.7 Å². The first kappa shape index (κ1) is 15.3. The van der Waals surface area contributed by atoms with Crippen molar-refractivity contribution < 1.29 is 9.90 Å². The smallest absolute Gasteiger partial charge is 0.253 e. The van der Waals surface area contributed by atoms with Crippen molar-refractivity contribution in [1.29, 1.82) is 0 Å². The summed E-state index contributed by atoms with van der Waals surface area (Å²) in [6.07, 6.45) is 5.38. The molecule has 1 saturated carbocycles. The summed E-state index contributed by atoms with van der Waals surface area (Å²) in [5.41, 5.74) is 2.95. The van der Waals surface area contributed by atoms with Crippen LogP contribution in [0.2, 0.25) is 0 Å². The molecule has 1 aromatic carbocycles. The number of nitrogens with zero attached hydrogens (tertiary/aromatic N) is 1. The van der Waals surface area contributed by atoms with Gasteiger partial charge in [0, 0.05) is 31.4 Å². The number of amides is 1. The number of carbonyl (C=O) groups excluding carboxylic acids is 1. The molecule has 1 atom stereocenters. The van der Waals surface area contributed by atoms with Crippen LogP contribution >= 0.6 is 0 Å². The fourth-order valence-corrected chi connectivity index (χ4v) is 3.38. The molecule has 1 saturated heterocycles. The summed E-state index contributed by atoms with van der Waals surface area (Å²) in [6, 6.07) is 6.26. The van der Waals surface area contributed by atoms with Gasteiger partial charge in [-0.1, -0.05) is 11.6 Å². The lowest BCUT2D eigenvalue weighted by atomic mass is 10.1. The zero-order valence-corrected chi connectivity index (χ0v) is 13.3. The molecule has 0 radical (unpaired) electrons. The SMILES string of the molecule is Cc1ccc(N2CCCC2)c(C(=O)NC(CCO)C2CC2)c1. The minimum atomic E-state index is 0.0101. The van der Waals surface area contributed by atoms with Gasteiger partial charge in [0.25, 0.3) is 5.91 Å². The summed E-state index contributed by atoms with van der Waals surface area (Å²) in [7, 11) is 0. The van der Waals surface area contributed by atoms with Crippen LogP contribution in [0, 0.1) is 12.8 Å². The Morgan fingerprint density at radius 3 is 2.73 bits per heavy atom. The summed E-state index contributed by atoms with van der Waals surface area (Å²) in [5, 5.41) is 12.4. The largest absolute Gasteiger partial charge is 0.396 e. The Kier molecular flexibility index (Phi) is 4.67. The predicted molar refractivity (Wildman–Crippen MR) is 88.3 cm³/mol. The molecule has 1 aromatic rings. The van der Waals surface area contributed by atoms with Crippen LogP contribution in [0.4, 0.5) is 5.69 Å². The molecule has 4 nitrogen and oxygen atoms in total. The fourth-order valence-electron chi connectivity index (χ4n) is 3.38. The van der Waals surface area contributed by atoms with Crippen molar-refractivity contribution in [1.82, 2.24) is 5.32 Å². The number of aliphatic hydroxyl groups excluding tert-OH is 1. The molecule has 3 rings (SSSR count). The van der Waals surface area contributed by atoms with Gasteiger partial charge in [0.15, 0.2) is 0 Å². The van der Waals surface area contributed by atoms with E-state index >= 15 is 0 Å². The second-order valence-corrected chi connectivity index (χ2v) is 6.64. The standard InChI is InChI=1S/C18H26N2O2/c1-13-4-7-17(20-9-2-3-10-20)15(12-13)18(22)19-16(8-11-21)14-5-6-14/h4,7,12,14,16,21H,2-3,5-6,8-11H2,1H3,(H,19,22). The number of rotatable bonds is 6. The second-order valence-electron chi connectivity index (χ2n) is 6.64. The van der Waals surface area contributed by atoms with E-state index in [2.05, 4.69) is 22.3 Å². The molecule has 1 heterocycles. The van der Waals surface area contributed by atoms with Gasteiger partial charge in [-0.25, -0.2) is 0 Å². The van der Waals surface area contributed by atoms with E-state index in [0.29, 0.717) is 12.3 Å². The van der Waals surface area contributed by atoms with Gasteiger partial charge in [-0.05, 0) is 57.1 Å². The van der Waals surface area contributed by atoms with Crippen LogP contribution in [0.3, 0.4) is 0 Å². The minimum Gasteiger partial charge on any atom is -0.396 e. The van der Waals surface area contributed by atoms with E-state index < -0.39 is 0 Å². The molecular formula is C18H26N2O2. The normalized spacial score (nSPS) is 19.3. The lowest BCUT2D eigenvalue weighted by molar-refractivity contribution is 0.0924. The van der Waals surface area contributed by atoms with E-state index in [9.17, 15) is 9.90 Å². The summed E-state index contributed by atoms with van der Waals surface area (Å²) < 4.78 is 0. The Hall–Kier alpha value is -1.55. The summed E-state index contributed by atoms with van der Waals surface area (Å²) >= 11 is 0. The van der Waals surface area contributed by atoms with Gasteiger partial charge in [-0.3, -0.25) is 4.79 Å². The van der Waals surface area contributed by atoms with Crippen LogP contribution in [0.15, 0.2) is 18.2 Å². The van der Waals surface area contributed by atoms with Crippen molar-refractivity contribution in [3.05, 3.63) is 29.3 Å². The Bertz CT molecular complexity index is 534. The highest BCUT2D eigenvalue weighted by molar-refractivity contribution is 6.00. The highest BCUT2D eigenvalue weighted by Gasteiger charge is 2.32. The Labute approximate surface area is 132 Å². The van der Waals surface area contributed by atoms with Crippen LogP contribution < -0.4 is 10.2 Å². The molecule has 0 spiro atoms. The Balaban J connectivity index is 1.79. The lowest BCUT2D eigenvalue weighted by Crippen LogP contribution is -2.38. The molecule has 0 aromatic heterocycles. The number of nitrogens with one attached hydrogen (secondary N) is 1. The van der Waals surface area contributed by atoms with E-state index in [1.807, 2.05) is 13.0 Å². The average Bonchev–Trinajstić information content (AvgIpc) is 3.22. The van der Waals surface area contributed by atoms with Crippen molar-refractivity contribution in [2.75, 3.05) is 24.6 Å². The number of anilines is 1. The molecule has 2 aliphatic rings. The van der Waals surface area contributed by atoms with Crippen LogP contribution in [-0.4, -0.2) is 36.8 Å². The fraction of sp³-hybridized carbons (Fsp3) is 0.611. The van der Waals surface area contributed by atoms with Gasteiger partial charge >= 0.3 is 0 Å². The van der Waals surface area contributed by atoms with Crippen molar-refractivity contribution >= 4 is 11.6 Å². The summed E-state index contributed by atoms with van der Waals surface area (Å²) in [5.74, 6) is 0.562. The molecule has 2 N–H and O–H groups in total. The molecule has 1 amide bonds. The van der Waals surface area contributed by atoms with Gasteiger partial charge in [-0.2, -0.15) is 0 Å². The third-order valence-electron chi connectivity index (χ3n) is 4.79. The van der Waals surface area contributed by atoms with E-state index in [4.69, 9.17) is 0 Å². The Morgan fingerprint density at radius 2 is 2.09 bits per heavy atom. The monoisotopic (exact) mass is 302 g/mol. The first-order chi connectivity index (χ1) is 10.7. The minimum absolute atomic E-state index is 0.0101. The number of aliphatic hydroxyl groups is 1. The molecule has 1 unspecified atom stereocenters. The molecule has 120 valence electrons.